The normalized spacial score (nSPS) is 10.3. The van der Waals surface area contributed by atoms with Gasteiger partial charge in [-0.15, -0.1) is 0 Å². The molecule has 2 N–H and O–H groups in total. The van der Waals surface area contributed by atoms with Crippen molar-refractivity contribution in [1.29, 1.82) is 0 Å². The molecule has 0 spiro atoms. The lowest BCUT2D eigenvalue weighted by Crippen LogP contribution is -2.12. The molecule has 1 aromatic heterocycles. The predicted molar refractivity (Wildman–Crippen MR) is 78.1 cm³/mol. The third-order valence-corrected chi connectivity index (χ3v) is 2.82. The second-order valence-electron chi connectivity index (χ2n) is 4.44. The number of aromatic amines is 1. The Morgan fingerprint density at radius 2 is 2.05 bits per heavy atom. The van der Waals surface area contributed by atoms with Crippen LogP contribution in [0.25, 0.3) is 0 Å². The fraction of sp³-hybridized carbons (Fsp3) is 0.333. The van der Waals surface area contributed by atoms with Gasteiger partial charge in [-0.2, -0.15) is 5.10 Å². The third-order valence-electron chi connectivity index (χ3n) is 2.82. The van der Waals surface area contributed by atoms with Gasteiger partial charge in [-0.25, -0.2) is 0 Å². The molecule has 5 nitrogen and oxygen atoms in total. The number of carbonyl (C=O) groups is 1. The topological polar surface area (TPSA) is 67.0 Å². The molecule has 0 aliphatic carbocycles. The van der Waals surface area contributed by atoms with E-state index in [0.717, 1.165) is 24.3 Å². The van der Waals surface area contributed by atoms with Crippen molar-refractivity contribution in [1.82, 2.24) is 10.2 Å². The summed E-state index contributed by atoms with van der Waals surface area (Å²) in [6.45, 7) is 4.63. The number of aryl methyl sites for hydroxylation is 1. The second-order valence-corrected chi connectivity index (χ2v) is 4.44. The molecule has 106 valence electrons. The van der Waals surface area contributed by atoms with Gasteiger partial charge in [0.05, 0.1) is 6.61 Å². The number of benzene rings is 1. The van der Waals surface area contributed by atoms with Crippen molar-refractivity contribution in [2.45, 2.75) is 26.7 Å². The van der Waals surface area contributed by atoms with E-state index in [9.17, 15) is 4.79 Å². The third kappa shape index (κ3) is 3.60. The van der Waals surface area contributed by atoms with Crippen LogP contribution in [-0.4, -0.2) is 22.7 Å². The first-order chi connectivity index (χ1) is 9.72. The molecule has 0 radical (unpaired) electrons. The van der Waals surface area contributed by atoms with E-state index in [1.54, 1.807) is 24.3 Å². The number of aromatic nitrogens is 2. The van der Waals surface area contributed by atoms with Crippen LogP contribution < -0.4 is 10.1 Å². The van der Waals surface area contributed by atoms with Crippen molar-refractivity contribution in [3.8, 4) is 5.75 Å². The Morgan fingerprint density at radius 1 is 1.30 bits per heavy atom. The molecule has 0 aliphatic rings. The number of H-pyrrole nitrogens is 1. The Labute approximate surface area is 118 Å². The van der Waals surface area contributed by atoms with Crippen LogP contribution >= 0.6 is 0 Å². The number of ether oxygens (including phenoxy) is 1. The van der Waals surface area contributed by atoms with Crippen molar-refractivity contribution in [3.05, 3.63) is 41.6 Å². The zero-order valence-electron chi connectivity index (χ0n) is 11.8. The summed E-state index contributed by atoms with van der Waals surface area (Å²) in [5.74, 6) is 1.13. The van der Waals surface area contributed by atoms with E-state index in [1.807, 2.05) is 13.0 Å². The zero-order valence-corrected chi connectivity index (χ0v) is 11.8. The van der Waals surface area contributed by atoms with Crippen molar-refractivity contribution in [2.75, 3.05) is 11.9 Å². The molecule has 1 amide bonds. The number of hydrogen-bond acceptors (Lipinski definition) is 3. The summed E-state index contributed by atoms with van der Waals surface area (Å²) in [5, 5.41) is 9.74. The van der Waals surface area contributed by atoms with Crippen LogP contribution in [0.5, 0.6) is 5.75 Å². The van der Waals surface area contributed by atoms with Gasteiger partial charge in [0, 0.05) is 17.3 Å². The van der Waals surface area contributed by atoms with Crippen LogP contribution in [0.2, 0.25) is 0 Å². The Kier molecular flexibility index (Phi) is 4.76. The van der Waals surface area contributed by atoms with Gasteiger partial charge in [-0.1, -0.05) is 13.3 Å². The molecule has 2 aromatic rings. The van der Waals surface area contributed by atoms with E-state index in [4.69, 9.17) is 4.74 Å². The highest BCUT2D eigenvalue weighted by Gasteiger charge is 2.08. The molecule has 0 saturated carbocycles. The predicted octanol–water partition coefficient (Wildman–Crippen LogP) is 3.01. The second kappa shape index (κ2) is 6.75. The highest BCUT2D eigenvalue weighted by Crippen LogP contribution is 2.14. The van der Waals surface area contributed by atoms with E-state index in [1.165, 1.54) is 0 Å². The summed E-state index contributed by atoms with van der Waals surface area (Å²) in [7, 11) is 0. The maximum absolute atomic E-state index is 12.0. The highest BCUT2D eigenvalue weighted by molar-refractivity contribution is 6.03. The van der Waals surface area contributed by atoms with Crippen LogP contribution in [-0.2, 0) is 6.42 Å². The van der Waals surface area contributed by atoms with Crippen LogP contribution in [0.1, 0.15) is 36.3 Å². The first kappa shape index (κ1) is 14.1. The largest absolute Gasteiger partial charge is 0.494 e. The first-order valence-electron chi connectivity index (χ1n) is 6.81. The average Bonchev–Trinajstić information content (AvgIpc) is 2.88. The molecule has 0 saturated heterocycles. The highest BCUT2D eigenvalue weighted by atomic mass is 16.5. The van der Waals surface area contributed by atoms with Crippen molar-refractivity contribution in [3.63, 3.8) is 0 Å². The van der Waals surface area contributed by atoms with Gasteiger partial charge in [0.2, 0.25) is 0 Å². The lowest BCUT2D eigenvalue weighted by atomic mass is 10.2. The van der Waals surface area contributed by atoms with Gasteiger partial charge in [-0.3, -0.25) is 9.89 Å². The van der Waals surface area contributed by atoms with Gasteiger partial charge in [0.25, 0.3) is 5.91 Å². The quantitative estimate of drug-likeness (QED) is 0.850. The molecule has 0 aliphatic heterocycles. The van der Waals surface area contributed by atoms with Crippen LogP contribution in [0, 0.1) is 0 Å². The molecule has 0 bridgehead atoms. The van der Waals surface area contributed by atoms with Crippen LogP contribution in [0.4, 0.5) is 5.82 Å². The number of hydrogen-bond donors (Lipinski definition) is 2. The summed E-state index contributed by atoms with van der Waals surface area (Å²) in [4.78, 5) is 12.0. The molecule has 1 aromatic carbocycles. The minimum atomic E-state index is -0.178. The number of rotatable bonds is 6. The Hall–Kier alpha value is -2.30. The van der Waals surface area contributed by atoms with E-state index in [2.05, 4.69) is 22.4 Å². The zero-order chi connectivity index (χ0) is 14.4. The maximum atomic E-state index is 12.0. The number of nitrogens with zero attached hydrogens (tertiary/aromatic N) is 1. The van der Waals surface area contributed by atoms with Crippen molar-refractivity contribution in [2.24, 2.45) is 0 Å². The molecule has 5 heteroatoms. The van der Waals surface area contributed by atoms with E-state index in [0.29, 0.717) is 18.0 Å². The summed E-state index contributed by atoms with van der Waals surface area (Å²) >= 11 is 0. The number of nitrogens with one attached hydrogen (secondary N) is 2. The molecular weight excluding hydrogens is 254 g/mol. The van der Waals surface area contributed by atoms with E-state index in [-0.39, 0.29) is 5.91 Å². The van der Waals surface area contributed by atoms with Crippen LogP contribution in [0.3, 0.4) is 0 Å². The summed E-state index contributed by atoms with van der Waals surface area (Å²) in [5.41, 5.74) is 1.60. The van der Waals surface area contributed by atoms with E-state index >= 15 is 0 Å². The Morgan fingerprint density at radius 3 is 2.70 bits per heavy atom. The lowest BCUT2D eigenvalue weighted by molar-refractivity contribution is 0.102. The Bertz CT molecular complexity index is 561. The minimum Gasteiger partial charge on any atom is -0.494 e. The monoisotopic (exact) mass is 273 g/mol. The summed E-state index contributed by atoms with van der Waals surface area (Å²) in [6.07, 6.45) is 1.96. The Balaban J connectivity index is 1.99. The first-order valence-corrected chi connectivity index (χ1v) is 6.81. The fourth-order valence-electron chi connectivity index (χ4n) is 1.88. The molecular formula is C15H19N3O2. The maximum Gasteiger partial charge on any atom is 0.256 e. The van der Waals surface area contributed by atoms with Gasteiger partial charge in [0.1, 0.15) is 5.75 Å². The lowest BCUT2D eigenvalue weighted by Gasteiger charge is -2.04. The fourth-order valence-corrected chi connectivity index (χ4v) is 1.88. The number of carbonyl (C=O) groups excluding carboxylic acids is 1. The summed E-state index contributed by atoms with van der Waals surface area (Å²) < 4.78 is 5.34. The molecule has 2 rings (SSSR count). The standard InChI is InChI=1S/C15H19N3O2/c1-3-5-12-10-14(18-17-12)16-15(19)11-6-8-13(9-7-11)20-4-2/h6-10H,3-5H2,1-2H3,(H2,16,17,18,19). The number of anilines is 1. The van der Waals surface area contributed by atoms with Gasteiger partial charge in [-0.05, 0) is 37.6 Å². The molecule has 0 fully saturated rings. The van der Waals surface area contributed by atoms with Crippen LogP contribution in [0.15, 0.2) is 30.3 Å². The molecule has 20 heavy (non-hydrogen) atoms. The van der Waals surface area contributed by atoms with Crippen molar-refractivity contribution >= 4 is 11.7 Å². The molecule has 0 unspecified atom stereocenters. The SMILES string of the molecule is CCCc1cc(NC(=O)c2ccc(OCC)cc2)n[nH]1. The van der Waals surface area contributed by atoms with E-state index < -0.39 is 0 Å². The molecule has 1 heterocycles. The minimum absolute atomic E-state index is 0.178. The molecule has 0 atom stereocenters. The van der Waals surface area contributed by atoms with Gasteiger partial charge >= 0.3 is 0 Å². The average molecular weight is 273 g/mol. The van der Waals surface area contributed by atoms with Gasteiger partial charge < -0.3 is 10.1 Å². The van der Waals surface area contributed by atoms with Gasteiger partial charge in [0.15, 0.2) is 5.82 Å². The number of amides is 1. The smallest absolute Gasteiger partial charge is 0.256 e. The summed E-state index contributed by atoms with van der Waals surface area (Å²) in [6, 6.07) is 8.90. The van der Waals surface area contributed by atoms with Crippen molar-refractivity contribution < 1.29 is 9.53 Å².